The zero-order chi connectivity index (χ0) is 29.8. The van der Waals surface area contributed by atoms with E-state index in [-0.39, 0.29) is 60.3 Å². The van der Waals surface area contributed by atoms with E-state index in [4.69, 9.17) is 11.6 Å². The molecule has 0 bridgehead atoms. The third-order valence-corrected chi connectivity index (χ3v) is 7.25. The Balaban J connectivity index is 1.74. The van der Waals surface area contributed by atoms with Gasteiger partial charge in [-0.2, -0.15) is 13.2 Å². The predicted molar refractivity (Wildman–Crippen MR) is 151 cm³/mol. The molecule has 3 rings (SSSR count). The highest BCUT2D eigenvalue weighted by Crippen LogP contribution is 2.37. The molecule has 218 valence electrons. The van der Waals surface area contributed by atoms with Gasteiger partial charge in [-0.15, -0.1) is 0 Å². The summed E-state index contributed by atoms with van der Waals surface area (Å²) in [6, 6.07) is 9.41. The summed E-state index contributed by atoms with van der Waals surface area (Å²) in [5.74, 6) is -2.39. The molecule has 11 heteroatoms. The molecular formula is C29H36ClF3N4O3. The summed E-state index contributed by atoms with van der Waals surface area (Å²) in [7, 11) is 3.53. The molecular weight excluding hydrogens is 545 g/mol. The molecule has 1 saturated carbocycles. The van der Waals surface area contributed by atoms with Gasteiger partial charge in [0.15, 0.2) is 0 Å². The first-order valence-electron chi connectivity index (χ1n) is 13.1. The molecule has 1 fully saturated rings. The van der Waals surface area contributed by atoms with Crippen LogP contribution in [-0.2, 0) is 11.3 Å². The van der Waals surface area contributed by atoms with Crippen molar-refractivity contribution in [2.75, 3.05) is 24.3 Å². The molecule has 1 aliphatic rings. The van der Waals surface area contributed by atoms with Gasteiger partial charge in [0.2, 0.25) is 5.91 Å². The third kappa shape index (κ3) is 8.13. The van der Waals surface area contributed by atoms with E-state index in [0.717, 1.165) is 0 Å². The average molecular weight is 581 g/mol. The van der Waals surface area contributed by atoms with Crippen molar-refractivity contribution in [3.8, 4) is 0 Å². The maximum atomic E-state index is 13.2. The first kappa shape index (κ1) is 31.3. The summed E-state index contributed by atoms with van der Waals surface area (Å²) >= 11 is 6.30. The van der Waals surface area contributed by atoms with E-state index in [1.165, 1.54) is 6.07 Å². The van der Waals surface area contributed by atoms with Gasteiger partial charge in [-0.25, -0.2) is 0 Å². The Morgan fingerprint density at radius 2 is 1.57 bits per heavy atom. The summed E-state index contributed by atoms with van der Waals surface area (Å²) in [5.41, 5.74) is 1.56. The lowest BCUT2D eigenvalue weighted by Gasteiger charge is -2.30. The topological polar surface area (TPSA) is 90.5 Å². The van der Waals surface area contributed by atoms with Crippen molar-refractivity contribution in [1.29, 1.82) is 0 Å². The SMILES string of the molecule is CN(C)c1ccc(NC(=O)c2cc(CNC(=O)C(C)(C)C)ccc2Cl)cc1C(=O)NC1CCC(C(F)(F)F)CC1. The molecule has 0 saturated heterocycles. The standard InChI is InChI=1S/C29H36ClF3N4O3/c1-28(2,3)27(40)34-16-17-6-12-23(30)21(14-17)25(38)36-20-11-13-24(37(4)5)22(15-20)26(39)35-19-9-7-18(8-10-19)29(31,32)33/h6,11-15,18-19H,7-10,16H2,1-5H3,(H,34,40)(H,35,39)(H,36,38). The maximum Gasteiger partial charge on any atom is 0.391 e. The van der Waals surface area contributed by atoms with E-state index >= 15 is 0 Å². The second kappa shape index (κ2) is 12.5. The van der Waals surface area contributed by atoms with E-state index in [0.29, 0.717) is 16.9 Å². The summed E-state index contributed by atoms with van der Waals surface area (Å²) < 4.78 is 39.1. The molecule has 0 unspecified atom stereocenters. The van der Waals surface area contributed by atoms with Crippen molar-refractivity contribution >= 4 is 40.7 Å². The lowest BCUT2D eigenvalue weighted by atomic mass is 9.85. The molecule has 0 heterocycles. The van der Waals surface area contributed by atoms with Crippen LogP contribution >= 0.6 is 11.6 Å². The van der Waals surface area contributed by atoms with Crippen LogP contribution in [-0.4, -0.2) is 44.0 Å². The quantitative estimate of drug-likeness (QED) is 0.365. The molecule has 2 aromatic carbocycles. The summed E-state index contributed by atoms with van der Waals surface area (Å²) in [6.07, 6.45) is -3.78. The number of carbonyl (C=O) groups excluding carboxylic acids is 3. The maximum absolute atomic E-state index is 13.2. The van der Waals surface area contributed by atoms with Gasteiger partial charge in [0.05, 0.1) is 22.1 Å². The molecule has 0 atom stereocenters. The number of benzene rings is 2. The number of alkyl halides is 3. The highest BCUT2D eigenvalue weighted by atomic mass is 35.5. The van der Waals surface area contributed by atoms with Crippen LogP contribution in [0.15, 0.2) is 36.4 Å². The molecule has 0 radical (unpaired) electrons. The Hall–Kier alpha value is -3.27. The van der Waals surface area contributed by atoms with Crippen molar-refractivity contribution in [2.45, 2.75) is 65.2 Å². The predicted octanol–water partition coefficient (Wildman–Crippen LogP) is 6.17. The molecule has 2 aromatic rings. The third-order valence-electron chi connectivity index (χ3n) is 6.92. The Morgan fingerprint density at radius 3 is 2.15 bits per heavy atom. The van der Waals surface area contributed by atoms with Crippen LogP contribution in [0.2, 0.25) is 5.02 Å². The zero-order valence-corrected chi connectivity index (χ0v) is 24.1. The van der Waals surface area contributed by atoms with Crippen molar-refractivity contribution in [2.24, 2.45) is 11.3 Å². The summed E-state index contributed by atoms with van der Waals surface area (Å²) in [4.78, 5) is 40.3. The molecule has 3 amide bonds. The van der Waals surface area contributed by atoms with Crippen LogP contribution in [0.4, 0.5) is 24.5 Å². The Kier molecular flexibility index (Phi) is 9.76. The Bertz CT molecular complexity index is 1250. The number of rotatable bonds is 7. The van der Waals surface area contributed by atoms with E-state index in [1.54, 1.807) is 70.1 Å². The first-order chi connectivity index (χ1) is 18.6. The largest absolute Gasteiger partial charge is 0.391 e. The van der Waals surface area contributed by atoms with Crippen LogP contribution < -0.4 is 20.9 Å². The number of hydrogen-bond donors (Lipinski definition) is 3. The van der Waals surface area contributed by atoms with E-state index in [9.17, 15) is 27.6 Å². The first-order valence-corrected chi connectivity index (χ1v) is 13.5. The molecule has 0 aromatic heterocycles. The van der Waals surface area contributed by atoms with E-state index in [1.807, 2.05) is 0 Å². The number of anilines is 2. The normalized spacial score (nSPS) is 17.6. The van der Waals surface area contributed by atoms with Crippen molar-refractivity contribution in [3.63, 3.8) is 0 Å². The van der Waals surface area contributed by atoms with Gasteiger partial charge in [-0.05, 0) is 61.6 Å². The molecule has 0 spiro atoms. The number of nitrogens with one attached hydrogen (secondary N) is 3. The second-order valence-electron chi connectivity index (χ2n) is 11.4. The fourth-order valence-corrected chi connectivity index (χ4v) is 4.72. The van der Waals surface area contributed by atoms with Gasteiger partial charge in [0.25, 0.3) is 11.8 Å². The second-order valence-corrected chi connectivity index (χ2v) is 11.8. The number of nitrogens with zero attached hydrogens (tertiary/aromatic N) is 1. The number of hydrogen-bond acceptors (Lipinski definition) is 4. The van der Waals surface area contributed by atoms with Gasteiger partial charge in [-0.1, -0.05) is 38.4 Å². The van der Waals surface area contributed by atoms with Gasteiger partial charge in [-0.3, -0.25) is 14.4 Å². The molecule has 3 N–H and O–H groups in total. The minimum absolute atomic E-state index is 0.0230. The Labute approximate surface area is 237 Å². The van der Waals surface area contributed by atoms with Gasteiger partial charge < -0.3 is 20.9 Å². The van der Waals surface area contributed by atoms with E-state index in [2.05, 4.69) is 16.0 Å². The highest BCUT2D eigenvalue weighted by Gasteiger charge is 2.41. The van der Waals surface area contributed by atoms with Crippen LogP contribution in [0.1, 0.15) is 72.7 Å². The lowest BCUT2D eigenvalue weighted by molar-refractivity contribution is -0.182. The van der Waals surface area contributed by atoms with Gasteiger partial charge in [0.1, 0.15) is 0 Å². The van der Waals surface area contributed by atoms with Crippen LogP contribution in [0, 0.1) is 11.3 Å². The average Bonchev–Trinajstić information content (AvgIpc) is 2.86. The Morgan fingerprint density at radius 1 is 0.925 bits per heavy atom. The fraction of sp³-hybridized carbons (Fsp3) is 0.483. The van der Waals surface area contributed by atoms with Crippen LogP contribution in [0.3, 0.4) is 0 Å². The summed E-state index contributed by atoms with van der Waals surface area (Å²) in [5, 5.41) is 8.69. The monoisotopic (exact) mass is 580 g/mol. The number of carbonyl (C=O) groups is 3. The smallest absolute Gasteiger partial charge is 0.377 e. The minimum atomic E-state index is -4.22. The van der Waals surface area contributed by atoms with Crippen molar-refractivity contribution in [1.82, 2.24) is 10.6 Å². The van der Waals surface area contributed by atoms with Crippen molar-refractivity contribution < 1.29 is 27.6 Å². The lowest BCUT2D eigenvalue weighted by Crippen LogP contribution is -2.40. The zero-order valence-electron chi connectivity index (χ0n) is 23.3. The minimum Gasteiger partial charge on any atom is -0.377 e. The van der Waals surface area contributed by atoms with E-state index < -0.39 is 29.3 Å². The van der Waals surface area contributed by atoms with Crippen LogP contribution in [0.25, 0.3) is 0 Å². The number of halogens is 4. The van der Waals surface area contributed by atoms with Crippen LogP contribution in [0.5, 0.6) is 0 Å². The van der Waals surface area contributed by atoms with Gasteiger partial charge in [0, 0.05) is 43.5 Å². The summed E-state index contributed by atoms with van der Waals surface area (Å²) in [6.45, 7) is 5.63. The molecule has 0 aliphatic heterocycles. The fourth-order valence-electron chi connectivity index (χ4n) is 4.52. The van der Waals surface area contributed by atoms with Gasteiger partial charge >= 0.3 is 6.18 Å². The highest BCUT2D eigenvalue weighted by molar-refractivity contribution is 6.34. The molecule has 7 nitrogen and oxygen atoms in total. The van der Waals surface area contributed by atoms with Crippen molar-refractivity contribution in [3.05, 3.63) is 58.1 Å². The molecule has 1 aliphatic carbocycles. The number of amides is 3. The molecule has 40 heavy (non-hydrogen) atoms.